The Labute approximate surface area is 231 Å². The van der Waals surface area contributed by atoms with Gasteiger partial charge in [0.05, 0.1) is 17.1 Å². The number of aromatic nitrogens is 2. The van der Waals surface area contributed by atoms with Crippen LogP contribution in [0, 0.1) is 13.8 Å². The fraction of sp³-hybridized carbons (Fsp3) is 0.321. The number of halogens is 1. The van der Waals surface area contributed by atoms with Crippen LogP contribution in [-0.2, 0) is 17.1 Å². The Morgan fingerprint density at radius 2 is 1.77 bits per heavy atom. The van der Waals surface area contributed by atoms with Crippen molar-refractivity contribution in [3.8, 4) is 11.3 Å². The number of rotatable bonds is 6. The number of sulfonamides is 1. The van der Waals surface area contributed by atoms with Crippen LogP contribution in [-0.4, -0.2) is 23.5 Å². The van der Waals surface area contributed by atoms with E-state index in [2.05, 4.69) is 15.0 Å². The lowest BCUT2D eigenvalue weighted by Gasteiger charge is -2.23. The summed E-state index contributed by atoms with van der Waals surface area (Å²) in [5.74, 6) is 0.353. The van der Waals surface area contributed by atoms with Crippen LogP contribution in [0.5, 0.6) is 0 Å². The second-order valence-electron chi connectivity index (χ2n) is 10.7. The summed E-state index contributed by atoms with van der Waals surface area (Å²) in [5.41, 5.74) is 1.98. The van der Waals surface area contributed by atoms with Crippen LogP contribution in [0.25, 0.3) is 22.3 Å². The Hall–Kier alpha value is -3.47. The molecular formula is C28H31ClN4O5S. The number of anilines is 1. The minimum Gasteiger partial charge on any atom is -0.455 e. The third-order valence-corrected chi connectivity index (χ3v) is 8.01. The molecule has 0 aliphatic rings. The van der Waals surface area contributed by atoms with E-state index >= 15 is 0 Å². The van der Waals surface area contributed by atoms with Gasteiger partial charge in [-0.3, -0.25) is 9.59 Å². The summed E-state index contributed by atoms with van der Waals surface area (Å²) < 4.78 is 36.8. The molecule has 0 spiro atoms. The second kappa shape index (κ2) is 10.3. The number of hydrogen-bond acceptors (Lipinski definition) is 7. The van der Waals surface area contributed by atoms with E-state index in [1.54, 1.807) is 59.1 Å². The summed E-state index contributed by atoms with van der Waals surface area (Å²) in [4.78, 5) is 29.5. The Morgan fingerprint density at radius 3 is 2.41 bits per heavy atom. The van der Waals surface area contributed by atoms with Crippen LogP contribution in [0.15, 0.2) is 61.6 Å². The van der Waals surface area contributed by atoms with E-state index < -0.39 is 21.6 Å². The first-order valence-electron chi connectivity index (χ1n) is 12.3. The van der Waals surface area contributed by atoms with Crippen LogP contribution in [0.2, 0.25) is 5.15 Å². The summed E-state index contributed by atoms with van der Waals surface area (Å²) in [6, 6.07) is 9.24. The van der Waals surface area contributed by atoms with Crippen LogP contribution >= 0.6 is 11.6 Å². The molecule has 0 amide bonds. The number of fused-ring (bicyclic) bond motifs is 1. The zero-order chi connectivity index (χ0) is 28.9. The molecule has 0 fully saturated rings. The van der Waals surface area contributed by atoms with E-state index in [1.165, 1.54) is 16.7 Å². The van der Waals surface area contributed by atoms with Gasteiger partial charge in [-0.1, -0.05) is 17.7 Å². The molecule has 206 valence electrons. The van der Waals surface area contributed by atoms with E-state index in [-0.39, 0.29) is 26.9 Å². The highest BCUT2D eigenvalue weighted by Crippen LogP contribution is 2.33. The van der Waals surface area contributed by atoms with Crippen molar-refractivity contribution in [3.05, 3.63) is 85.0 Å². The first-order valence-corrected chi connectivity index (χ1v) is 14.2. The molecule has 0 aliphatic carbocycles. The SMILES string of the molecule is Cc1cc([C@@H](C)Nc2ccc(Cl)nc2S(=O)(=O)NC(C)(C)C)c2oc(-c3ccc(=O)n(C)c3)c(C)c(=O)c2c1. The Kier molecular flexibility index (Phi) is 7.50. The summed E-state index contributed by atoms with van der Waals surface area (Å²) in [7, 11) is -2.40. The van der Waals surface area contributed by atoms with Crippen LogP contribution < -0.4 is 21.0 Å². The first kappa shape index (κ1) is 28.5. The van der Waals surface area contributed by atoms with Crippen molar-refractivity contribution in [2.75, 3.05) is 5.32 Å². The molecule has 0 unspecified atom stereocenters. The van der Waals surface area contributed by atoms with Crippen molar-refractivity contribution in [2.45, 2.75) is 58.1 Å². The molecular weight excluding hydrogens is 540 g/mol. The van der Waals surface area contributed by atoms with Gasteiger partial charge in [-0.15, -0.1) is 0 Å². The van der Waals surface area contributed by atoms with E-state index in [4.69, 9.17) is 16.0 Å². The van der Waals surface area contributed by atoms with Gasteiger partial charge in [-0.05, 0) is 71.4 Å². The van der Waals surface area contributed by atoms with E-state index in [0.717, 1.165) is 5.56 Å². The van der Waals surface area contributed by atoms with Crippen LogP contribution in [0.1, 0.15) is 50.4 Å². The van der Waals surface area contributed by atoms with Gasteiger partial charge in [-0.25, -0.2) is 18.1 Å². The minimum atomic E-state index is -4.02. The maximum absolute atomic E-state index is 13.5. The summed E-state index contributed by atoms with van der Waals surface area (Å²) in [6.07, 6.45) is 1.62. The van der Waals surface area contributed by atoms with Gasteiger partial charge in [0.1, 0.15) is 16.5 Å². The molecule has 11 heteroatoms. The van der Waals surface area contributed by atoms with Crippen LogP contribution in [0.4, 0.5) is 5.69 Å². The quantitative estimate of drug-likeness (QED) is 0.310. The third-order valence-electron chi connectivity index (χ3n) is 6.10. The summed E-state index contributed by atoms with van der Waals surface area (Å²) >= 11 is 6.07. The topological polar surface area (TPSA) is 123 Å². The minimum absolute atomic E-state index is 0.0341. The monoisotopic (exact) mass is 570 g/mol. The molecule has 4 rings (SSSR count). The lowest BCUT2D eigenvalue weighted by Crippen LogP contribution is -2.41. The van der Waals surface area contributed by atoms with Crippen molar-refractivity contribution >= 4 is 38.3 Å². The average molecular weight is 571 g/mol. The molecule has 39 heavy (non-hydrogen) atoms. The number of benzene rings is 1. The lowest BCUT2D eigenvalue weighted by atomic mass is 9.99. The van der Waals surface area contributed by atoms with Crippen molar-refractivity contribution in [1.29, 1.82) is 0 Å². The highest BCUT2D eigenvalue weighted by Gasteiger charge is 2.28. The molecule has 4 aromatic rings. The Bertz CT molecular complexity index is 1820. The maximum atomic E-state index is 13.5. The smallest absolute Gasteiger partial charge is 0.260 e. The summed E-state index contributed by atoms with van der Waals surface area (Å²) in [6.45, 7) is 10.6. The van der Waals surface area contributed by atoms with Crippen molar-refractivity contribution in [3.63, 3.8) is 0 Å². The number of nitrogens with one attached hydrogen (secondary N) is 2. The zero-order valence-electron chi connectivity index (χ0n) is 22.8. The van der Waals surface area contributed by atoms with Crippen molar-refractivity contribution in [2.24, 2.45) is 7.05 Å². The zero-order valence-corrected chi connectivity index (χ0v) is 24.4. The molecule has 3 aromatic heterocycles. The molecule has 0 saturated carbocycles. The lowest BCUT2D eigenvalue weighted by molar-refractivity contribution is 0.490. The van der Waals surface area contributed by atoms with Crippen molar-refractivity contribution < 1.29 is 12.8 Å². The van der Waals surface area contributed by atoms with Crippen molar-refractivity contribution in [1.82, 2.24) is 14.3 Å². The molecule has 0 saturated heterocycles. The molecule has 1 atom stereocenters. The standard InChI is InChI=1S/C28H31ClN4O5S/c1-15-12-19(17(3)30-21-9-10-22(29)31-27(21)39(36,37)32-28(4,5)6)26-20(13-15)24(35)16(2)25(38-26)18-8-11-23(34)33(7)14-18/h8-14,17,30,32H,1-7H3/t17-/m1/s1. The normalized spacial score (nSPS) is 13.0. The Morgan fingerprint density at radius 1 is 1.08 bits per heavy atom. The van der Waals surface area contributed by atoms with E-state index in [9.17, 15) is 18.0 Å². The van der Waals surface area contributed by atoms with Gasteiger partial charge in [0.2, 0.25) is 5.56 Å². The molecule has 2 N–H and O–H groups in total. The highest BCUT2D eigenvalue weighted by atomic mass is 35.5. The molecule has 0 radical (unpaired) electrons. The molecule has 0 aliphatic heterocycles. The van der Waals surface area contributed by atoms with Gasteiger partial charge in [0.15, 0.2) is 10.5 Å². The maximum Gasteiger partial charge on any atom is 0.260 e. The van der Waals surface area contributed by atoms with Gasteiger partial charge in [-0.2, -0.15) is 0 Å². The fourth-order valence-electron chi connectivity index (χ4n) is 4.39. The average Bonchev–Trinajstić information content (AvgIpc) is 2.82. The summed E-state index contributed by atoms with van der Waals surface area (Å²) in [5, 5.41) is 3.43. The van der Waals surface area contributed by atoms with Crippen LogP contribution in [0.3, 0.4) is 0 Å². The number of nitrogens with zero attached hydrogens (tertiary/aromatic N) is 2. The second-order valence-corrected chi connectivity index (χ2v) is 12.7. The van der Waals surface area contributed by atoms with Gasteiger partial charge in [0, 0.05) is 41.5 Å². The first-order chi connectivity index (χ1) is 18.1. The molecule has 0 bridgehead atoms. The van der Waals surface area contributed by atoms with E-state index in [0.29, 0.717) is 33.4 Å². The molecule has 1 aromatic carbocycles. The van der Waals surface area contributed by atoms with E-state index in [1.807, 2.05) is 19.9 Å². The largest absolute Gasteiger partial charge is 0.455 e. The van der Waals surface area contributed by atoms with Gasteiger partial charge >= 0.3 is 0 Å². The fourth-order valence-corrected chi connectivity index (χ4v) is 6.12. The predicted molar refractivity (Wildman–Crippen MR) is 154 cm³/mol. The number of hydrogen-bond donors (Lipinski definition) is 2. The number of aryl methyl sites for hydroxylation is 2. The van der Waals surface area contributed by atoms with Gasteiger partial charge in [0.25, 0.3) is 10.0 Å². The predicted octanol–water partition coefficient (Wildman–Crippen LogP) is 5.07. The molecule has 3 heterocycles. The Balaban J connectivity index is 1.87. The third kappa shape index (κ3) is 5.93. The highest BCUT2D eigenvalue weighted by molar-refractivity contribution is 7.89. The number of pyridine rings is 2. The van der Waals surface area contributed by atoms with Gasteiger partial charge < -0.3 is 14.3 Å². The molecule has 9 nitrogen and oxygen atoms in total.